The summed E-state index contributed by atoms with van der Waals surface area (Å²) in [6.07, 6.45) is 0. The predicted octanol–water partition coefficient (Wildman–Crippen LogP) is 0.408. The third-order valence-electron chi connectivity index (χ3n) is 1.08. The Morgan fingerprint density at radius 1 is 1.11 bits per heavy atom. The van der Waals surface area contributed by atoms with Gasteiger partial charge in [0.1, 0.15) is 7.85 Å². The summed E-state index contributed by atoms with van der Waals surface area (Å²) in [5, 5.41) is 0. The molecule has 0 nitrogen and oxygen atoms in total. The van der Waals surface area contributed by atoms with Crippen molar-refractivity contribution in [2.24, 2.45) is 0 Å². The number of hydrogen-bond acceptors (Lipinski definition) is 0. The number of rotatable bonds is 0. The summed E-state index contributed by atoms with van der Waals surface area (Å²) >= 11 is 0. The number of benzene rings is 1. The molecule has 0 aliphatic rings. The van der Waals surface area contributed by atoms with E-state index in [4.69, 9.17) is 7.85 Å². The normalized spacial score (nSPS) is 8.11. The summed E-state index contributed by atoms with van der Waals surface area (Å²) in [5.41, 5.74) is 2.08. The van der Waals surface area contributed by atoms with Crippen molar-refractivity contribution in [2.45, 2.75) is 6.92 Å². The molecule has 1 rings (SSSR count). The van der Waals surface area contributed by atoms with E-state index in [0.717, 1.165) is 5.46 Å². The van der Waals surface area contributed by atoms with Crippen LogP contribution >= 0.6 is 0 Å². The molecule has 3 radical (unpaired) electrons. The van der Waals surface area contributed by atoms with Gasteiger partial charge in [0.05, 0.1) is 0 Å². The van der Waals surface area contributed by atoms with E-state index in [-0.39, 0.29) is 58.2 Å². The first-order chi connectivity index (χ1) is 3.79. The minimum Gasteiger partial charge on any atom is -0.0967 e. The van der Waals surface area contributed by atoms with Gasteiger partial charge in [-0.25, -0.2) is 0 Å². The largest absolute Gasteiger partial charge is 0.113 e. The molecular weight excluding hydrogens is 180 g/mol. The Morgan fingerprint density at radius 3 is 1.89 bits per heavy atom. The monoisotopic (exact) mass is 187 g/mol. The summed E-state index contributed by atoms with van der Waals surface area (Å²) in [5.74, 6) is 0. The van der Waals surface area contributed by atoms with Crippen molar-refractivity contribution >= 4 is 71.5 Å². The van der Waals surface area contributed by atoms with E-state index < -0.39 is 0 Å². The van der Waals surface area contributed by atoms with Crippen LogP contribution in [0.1, 0.15) is 5.56 Å². The van der Waals surface area contributed by atoms with Crippen molar-refractivity contribution in [3.05, 3.63) is 29.8 Å². The first-order valence-corrected chi connectivity index (χ1v) is 2.61. The van der Waals surface area contributed by atoms with Gasteiger partial charge in [0.25, 0.3) is 0 Å². The molecule has 0 unspecified atom stereocenters. The van der Waals surface area contributed by atoms with Crippen molar-refractivity contribution in [2.75, 3.05) is 0 Å². The minimum absolute atomic E-state index is 0. The molecule has 0 atom stereocenters. The molecule has 0 aromatic heterocycles. The fraction of sp³-hybridized carbons (Fsp3) is 0.143. The summed E-state index contributed by atoms with van der Waals surface area (Å²) in [7, 11) is 5.43. The zero-order valence-electron chi connectivity index (χ0n) is 5.89. The van der Waals surface area contributed by atoms with E-state index >= 15 is 0 Å². The second-order valence-electron chi connectivity index (χ2n) is 1.91. The fourth-order valence-electron chi connectivity index (χ4n) is 0.566. The molecule has 0 amide bonds. The van der Waals surface area contributed by atoms with E-state index in [9.17, 15) is 0 Å². The topological polar surface area (TPSA) is 0 Å². The van der Waals surface area contributed by atoms with E-state index in [1.807, 2.05) is 31.2 Å². The maximum Gasteiger partial charge on any atom is 0.113 e. The van der Waals surface area contributed by atoms with E-state index in [1.54, 1.807) is 0 Å². The molecule has 0 N–H and O–H groups in total. The van der Waals surface area contributed by atoms with Gasteiger partial charge >= 0.3 is 0 Å². The van der Waals surface area contributed by atoms with Crippen molar-refractivity contribution in [3.63, 3.8) is 0 Å². The van der Waals surface area contributed by atoms with Crippen LogP contribution in [0.2, 0.25) is 0 Å². The van der Waals surface area contributed by atoms with Gasteiger partial charge in [-0.1, -0.05) is 35.3 Å². The van der Waals surface area contributed by atoms with E-state index in [1.165, 1.54) is 5.56 Å². The van der Waals surface area contributed by atoms with Gasteiger partial charge in [-0.05, 0) is 6.92 Å². The summed E-state index contributed by atoms with van der Waals surface area (Å²) in [4.78, 5) is 0. The van der Waals surface area contributed by atoms with Gasteiger partial charge < -0.3 is 0 Å². The van der Waals surface area contributed by atoms with Crippen molar-refractivity contribution in [1.82, 2.24) is 0 Å². The van der Waals surface area contributed by atoms with Crippen LogP contribution in [0.15, 0.2) is 24.3 Å². The Labute approximate surface area is 106 Å². The van der Waals surface area contributed by atoms with Gasteiger partial charge in [0, 0.05) is 58.2 Å². The van der Waals surface area contributed by atoms with E-state index in [2.05, 4.69) is 0 Å². The van der Waals surface area contributed by atoms with Crippen LogP contribution in [0.4, 0.5) is 0 Å². The Hall–Kier alpha value is 1.09. The predicted molar refractivity (Wildman–Crippen MR) is 42.3 cm³/mol. The Balaban J connectivity index is 0.000000640. The fourth-order valence-corrected chi connectivity index (χ4v) is 0.566. The molecule has 0 saturated carbocycles. The smallest absolute Gasteiger partial charge is 0.0967 e. The molecule has 39 valence electrons. The molecule has 9 heavy (non-hydrogen) atoms. The molecule has 0 aliphatic carbocycles. The average molecular weight is 187 g/mol. The van der Waals surface area contributed by atoms with Crippen LogP contribution in [-0.2, 0) is 0 Å². The molecular formula is C7H7BRb. The molecule has 1 aromatic rings. The molecule has 0 fully saturated rings. The Bertz CT molecular complexity index is 148. The molecule has 0 spiro atoms. The number of aryl methyl sites for hydroxylation is 1. The minimum atomic E-state index is 0. The molecule has 0 bridgehead atoms. The van der Waals surface area contributed by atoms with Gasteiger partial charge in [-0.2, -0.15) is 0 Å². The second-order valence-corrected chi connectivity index (χ2v) is 1.91. The quantitative estimate of drug-likeness (QED) is 0.516. The third kappa shape index (κ3) is 3.72. The standard InChI is InChI=1S/C7H7B.Rb/c1-6-2-4-7(8)5-3-6;/h2-5H,1H3;. The molecule has 2 heteroatoms. The Morgan fingerprint density at radius 2 is 1.56 bits per heavy atom. The van der Waals surface area contributed by atoms with Gasteiger partial charge in [0.15, 0.2) is 0 Å². The molecule has 0 aliphatic heterocycles. The van der Waals surface area contributed by atoms with Crippen molar-refractivity contribution in [1.29, 1.82) is 0 Å². The van der Waals surface area contributed by atoms with Crippen molar-refractivity contribution < 1.29 is 0 Å². The second kappa shape index (κ2) is 4.84. The zero-order valence-corrected chi connectivity index (χ0v) is 10.8. The van der Waals surface area contributed by atoms with Gasteiger partial charge in [-0.15, -0.1) is 0 Å². The molecule has 1 aromatic carbocycles. The maximum atomic E-state index is 5.43. The zero-order chi connectivity index (χ0) is 5.98. The van der Waals surface area contributed by atoms with E-state index in [0.29, 0.717) is 0 Å². The molecule has 0 heterocycles. The van der Waals surface area contributed by atoms with Crippen LogP contribution in [0.25, 0.3) is 0 Å². The average Bonchev–Trinajstić information content (AvgIpc) is 1.77. The van der Waals surface area contributed by atoms with Gasteiger partial charge in [-0.3, -0.25) is 0 Å². The van der Waals surface area contributed by atoms with Crippen LogP contribution in [0, 0.1) is 6.92 Å². The summed E-state index contributed by atoms with van der Waals surface area (Å²) < 4.78 is 0. The first kappa shape index (κ1) is 10.1. The Kier molecular flexibility index (Phi) is 5.42. The van der Waals surface area contributed by atoms with Crippen LogP contribution in [0.3, 0.4) is 0 Å². The van der Waals surface area contributed by atoms with Crippen LogP contribution in [-0.4, -0.2) is 66.0 Å². The van der Waals surface area contributed by atoms with Crippen molar-refractivity contribution in [3.8, 4) is 0 Å². The molecule has 0 saturated heterocycles. The summed E-state index contributed by atoms with van der Waals surface area (Å²) in [6, 6.07) is 7.79. The summed E-state index contributed by atoms with van der Waals surface area (Å²) in [6.45, 7) is 2.04. The van der Waals surface area contributed by atoms with Gasteiger partial charge in [0.2, 0.25) is 0 Å². The SMILES string of the molecule is [B]c1ccc(C)cc1.[Rb]. The van der Waals surface area contributed by atoms with Crippen LogP contribution < -0.4 is 5.46 Å². The number of hydrogen-bond donors (Lipinski definition) is 0. The van der Waals surface area contributed by atoms with Crippen LogP contribution in [0.5, 0.6) is 0 Å². The third-order valence-corrected chi connectivity index (χ3v) is 1.08. The maximum absolute atomic E-state index is 5.43. The first-order valence-electron chi connectivity index (χ1n) is 2.61.